The first-order valence-corrected chi connectivity index (χ1v) is 11.2. The molecule has 9 heteroatoms. The van der Waals surface area contributed by atoms with Crippen LogP contribution in [0.5, 0.6) is 0 Å². The predicted molar refractivity (Wildman–Crippen MR) is 123 cm³/mol. The lowest BCUT2D eigenvalue weighted by Crippen LogP contribution is -2.61. The van der Waals surface area contributed by atoms with Gasteiger partial charge in [-0.05, 0) is 41.5 Å². The number of ether oxygens (including phenoxy) is 1. The zero-order valence-electron chi connectivity index (χ0n) is 18.9. The van der Waals surface area contributed by atoms with Crippen LogP contribution in [0.4, 0.5) is 4.79 Å². The first-order valence-electron chi connectivity index (χ1n) is 11.2. The van der Waals surface area contributed by atoms with Gasteiger partial charge in [0.15, 0.2) is 0 Å². The van der Waals surface area contributed by atoms with Crippen molar-refractivity contribution in [2.75, 3.05) is 26.7 Å². The number of carboxylic acids is 1. The van der Waals surface area contributed by atoms with E-state index in [4.69, 9.17) is 4.74 Å². The van der Waals surface area contributed by atoms with Crippen LogP contribution in [0.1, 0.15) is 36.3 Å². The molecule has 0 unspecified atom stereocenters. The minimum atomic E-state index is -1.19. The third-order valence-electron chi connectivity index (χ3n) is 6.77. The summed E-state index contributed by atoms with van der Waals surface area (Å²) in [6.07, 6.45) is 0.782. The van der Waals surface area contributed by atoms with Gasteiger partial charge in [-0.25, -0.2) is 9.59 Å². The van der Waals surface area contributed by atoms with E-state index < -0.39 is 29.4 Å². The van der Waals surface area contributed by atoms with Gasteiger partial charge in [-0.2, -0.15) is 0 Å². The highest BCUT2D eigenvalue weighted by molar-refractivity contribution is 5.91. The Bertz CT molecular complexity index is 1080. The van der Waals surface area contributed by atoms with Crippen molar-refractivity contribution in [2.24, 2.45) is 0 Å². The largest absolute Gasteiger partial charge is 0.479 e. The molecule has 0 saturated heterocycles. The van der Waals surface area contributed by atoms with Crippen molar-refractivity contribution < 1.29 is 29.0 Å². The number of hydrogen-bond acceptors (Lipinski definition) is 5. The Morgan fingerprint density at radius 3 is 2.09 bits per heavy atom. The SMILES string of the molecule is CN(C(=O)CNC(=O)CNC(=O)OCC1c2ccccc2-c2ccccc21)C1(C(=O)O)CCC1. The number of nitrogens with zero attached hydrogens (tertiary/aromatic N) is 1. The molecular formula is C25H27N3O6. The molecule has 3 amide bonds. The topological polar surface area (TPSA) is 125 Å². The van der Waals surface area contributed by atoms with E-state index in [-0.39, 0.29) is 25.6 Å². The third kappa shape index (κ3) is 4.33. The zero-order chi connectivity index (χ0) is 24.3. The van der Waals surface area contributed by atoms with Crippen LogP contribution in [0.2, 0.25) is 0 Å². The number of rotatable bonds is 8. The second kappa shape index (κ2) is 9.54. The van der Waals surface area contributed by atoms with Gasteiger partial charge < -0.3 is 25.4 Å². The molecule has 0 aromatic heterocycles. The second-order valence-electron chi connectivity index (χ2n) is 8.60. The van der Waals surface area contributed by atoms with Crippen LogP contribution >= 0.6 is 0 Å². The Kier molecular flexibility index (Phi) is 6.54. The van der Waals surface area contributed by atoms with Crippen molar-refractivity contribution in [3.05, 3.63) is 59.7 Å². The number of amides is 3. The van der Waals surface area contributed by atoms with Gasteiger partial charge in [-0.15, -0.1) is 0 Å². The highest BCUT2D eigenvalue weighted by Crippen LogP contribution is 2.44. The van der Waals surface area contributed by atoms with Gasteiger partial charge in [0.05, 0.1) is 6.54 Å². The Balaban J connectivity index is 1.23. The molecule has 178 valence electrons. The highest BCUT2D eigenvalue weighted by Gasteiger charge is 2.49. The fraction of sp³-hybridized carbons (Fsp3) is 0.360. The normalized spacial score (nSPS) is 15.3. The van der Waals surface area contributed by atoms with Crippen molar-refractivity contribution in [3.63, 3.8) is 0 Å². The molecule has 4 rings (SSSR count). The molecule has 9 nitrogen and oxygen atoms in total. The third-order valence-corrected chi connectivity index (χ3v) is 6.77. The smallest absolute Gasteiger partial charge is 0.407 e. The Morgan fingerprint density at radius 1 is 0.971 bits per heavy atom. The lowest BCUT2D eigenvalue weighted by molar-refractivity contribution is -0.163. The number of carboxylic acid groups (broad SMARTS) is 1. The molecule has 34 heavy (non-hydrogen) atoms. The fourth-order valence-electron chi connectivity index (χ4n) is 4.60. The lowest BCUT2D eigenvalue weighted by atomic mass is 9.75. The maximum Gasteiger partial charge on any atom is 0.407 e. The molecule has 0 radical (unpaired) electrons. The maximum atomic E-state index is 12.3. The number of alkyl carbamates (subject to hydrolysis) is 1. The predicted octanol–water partition coefficient (Wildman–Crippen LogP) is 2.11. The van der Waals surface area contributed by atoms with E-state index in [0.717, 1.165) is 28.7 Å². The number of carbonyl (C=O) groups excluding carboxylic acids is 3. The van der Waals surface area contributed by atoms with E-state index in [9.17, 15) is 24.3 Å². The summed E-state index contributed by atoms with van der Waals surface area (Å²) < 4.78 is 5.38. The van der Waals surface area contributed by atoms with E-state index in [0.29, 0.717) is 12.8 Å². The minimum Gasteiger partial charge on any atom is -0.479 e. The first kappa shape index (κ1) is 23.3. The highest BCUT2D eigenvalue weighted by atomic mass is 16.5. The fourth-order valence-corrected chi connectivity index (χ4v) is 4.60. The van der Waals surface area contributed by atoms with Crippen LogP contribution in [0.15, 0.2) is 48.5 Å². The van der Waals surface area contributed by atoms with Gasteiger partial charge in [0, 0.05) is 13.0 Å². The molecule has 2 aliphatic rings. The average molecular weight is 466 g/mol. The van der Waals surface area contributed by atoms with E-state index in [1.54, 1.807) is 0 Å². The second-order valence-corrected chi connectivity index (χ2v) is 8.60. The summed E-state index contributed by atoms with van der Waals surface area (Å²) in [5.74, 6) is -2.21. The van der Waals surface area contributed by atoms with Gasteiger partial charge in [0.2, 0.25) is 11.8 Å². The summed E-state index contributed by atoms with van der Waals surface area (Å²) in [5, 5.41) is 14.2. The van der Waals surface area contributed by atoms with Crippen LogP contribution in [-0.2, 0) is 19.1 Å². The van der Waals surface area contributed by atoms with E-state index >= 15 is 0 Å². The first-order chi connectivity index (χ1) is 16.3. The lowest BCUT2D eigenvalue weighted by Gasteiger charge is -2.44. The van der Waals surface area contributed by atoms with Crippen molar-refractivity contribution >= 4 is 23.9 Å². The van der Waals surface area contributed by atoms with Gasteiger partial charge in [0.25, 0.3) is 0 Å². The maximum absolute atomic E-state index is 12.3. The molecule has 0 bridgehead atoms. The van der Waals surface area contributed by atoms with Crippen LogP contribution < -0.4 is 10.6 Å². The van der Waals surface area contributed by atoms with Gasteiger partial charge in [0.1, 0.15) is 18.7 Å². The van der Waals surface area contributed by atoms with Gasteiger partial charge in [-0.3, -0.25) is 9.59 Å². The molecule has 0 heterocycles. The average Bonchev–Trinajstić information content (AvgIpc) is 3.12. The molecule has 0 atom stereocenters. The van der Waals surface area contributed by atoms with Gasteiger partial charge >= 0.3 is 12.1 Å². The number of benzene rings is 2. The molecule has 1 fully saturated rings. The van der Waals surface area contributed by atoms with Crippen LogP contribution in [-0.4, -0.2) is 66.2 Å². The summed E-state index contributed by atoms with van der Waals surface area (Å²) >= 11 is 0. The van der Waals surface area contributed by atoms with Crippen molar-refractivity contribution in [1.82, 2.24) is 15.5 Å². The number of likely N-dealkylation sites (N-methyl/N-ethyl adjacent to an activating group) is 1. The van der Waals surface area contributed by atoms with Crippen molar-refractivity contribution in [1.29, 1.82) is 0 Å². The molecule has 0 spiro atoms. The summed E-state index contributed by atoms with van der Waals surface area (Å²) in [4.78, 5) is 49.2. The Morgan fingerprint density at radius 2 is 1.56 bits per heavy atom. The molecule has 2 aliphatic carbocycles. The van der Waals surface area contributed by atoms with E-state index in [1.807, 2.05) is 48.5 Å². The van der Waals surface area contributed by atoms with Crippen LogP contribution in [0.3, 0.4) is 0 Å². The molecule has 1 saturated carbocycles. The van der Waals surface area contributed by atoms with Crippen LogP contribution in [0, 0.1) is 0 Å². The molecule has 2 aromatic carbocycles. The number of nitrogens with one attached hydrogen (secondary N) is 2. The summed E-state index contributed by atoms with van der Waals surface area (Å²) in [7, 11) is 1.43. The number of fused-ring (bicyclic) bond motifs is 3. The quantitative estimate of drug-likeness (QED) is 0.548. The summed E-state index contributed by atoms with van der Waals surface area (Å²) in [6, 6.07) is 16.0. The zero-order valence-corrected chi connectivity index (χ0v) is 18.9. The summed E-state index contributed by atoms with van der Waals surface area (Å²) in [6.45, 7) is -0.587. The van der Waals surface area contributed by atoms with E-state index in [2.05, 4.69) is 10.6 Å². The van der Waals surface area contributed by atoms with E-state index in [1.165, 1.54) is 11.9 Å². The minimum absolute atomic E-state index is 0.0896. The molecule has 3 N–H and O–H groups in total. The van der Waals surface area contributed by atoms with Crippen molar-refractivity contribution in [3.8, 4) is 11.1 Å². The summed E-state index contributed by atoms with van der Waals surface area (Å²) in [5.41, 5.74) is 3.21. The van der Waals surface area contributed by atoms with Crippen LogP contribution in [0.25, 0.3) is 11.1 Å². The van der Waals surface area contributed by atoms with Gasteiger partial charge in [-0.1, -0.05) is 48.5 Å². The monoisotopic (exact) mass is 465 g/mol. The van der Waals surface area contributed by atoms with Crippen molar-refractivity contribution in [2.45, 2.75) is 30.7 Å². The Hall–Kier alpha value is -3.88. The molecule has 2 aromatic rings. The number of aliphatic carboxylic acids is 1. The molecular weight excluding hydrogens is 438 g/mol. The standard InChI is InChI=1S/C25H27N3O6/c1-28(25(23(31)32)11-6-12-25)22(30)14-26-21(29)13-27-24(33)34-15-20-18-9-4-2-7-16(18)17-8-3-5-10-19(17)20/h2-5,7-10,20H,6,11-15H2,1H3,(H,26,29)(H,27,33)(H,31,32). The number of hydrogen-bond donors (Lipinski definition) is 3. The number of carbonyl (C=O) groups is 4. The molecule has 0 aliphatic heterocycles. The Labute approximate surface area is 197 Å².